The maximum absolute atomic E-state index is 5.81. The summed E-state index contributed by atoms with van der Waals surface area (Å²) in [4.78, 5) is 14.9. The molecule has 0 N–H and O–H groups in total. The van der Waals surface area contributed by atoms with Crippen molar-refractivity contribution in [3.05, 3.63) is 153 Å². The first-order valence-corrected chi connectivity index (χ1v) is 17.3. The highest BCUT2D eigenvalue weighted by atomic mass is 16.5. The zero-order chi connectivity index (χ0) is 35.5. The summed E-state index contributed by atoms with van der Waals surface area (Å²) in [5, 5.41) is 2.08. The Labute approximate surface area is 303 Å². The molecule has 0 fully saturated rings. The molecule has 7 nitrogen and oxygen atoms in total. The molecule has 0 aliphatic heterocycles. The number of ether oxygens (including phenoxy) is 4. The first-order valence-electron chi connectivity index (χ1n) is 17.3. The molecule has 0 bridgehead atoms. The Morgan fingerprint density at radius 1 is 0.481 bits per heavy atom. The van der Waals surface area contributed by atoms with Gasteiger partial charge in [0.2, 0.25) is 0 Å². The number of aromatic nitrogens is 3. The smallest absolute Gasteiger partial charge is 0.119 e. The topological polar surface area (TPSA) is 75.6 Å². The van der Waals surface area contributed by atoms with E-state index in [2.05, 4.69) is 86.0 Å². The van der Waals surface area contributed by atoms with E-state index < -0.39 is 0 Å². The Bertz CT molecular complexity index is 2140. The molecular weight excluding hydrogens is 647 g/mol. The standard InChI is InChI=1S/C45H39N3O4/c1-3-22-49-24-26-51-38-18-14-32(15-19-38)40-10-5-8-34-28-36(30-46-44(34)40)42-12-7-13-43(48-42)37-29-35-9-6-11-41(45(35)47-31-37)33-16-20-39(21-17-33)52-27-25-50-23-4-2/h3-21,28-31H,1-2,22-27H2. The Morgan fingerprint density at radius 2 is 0.923 bits per heavy atom. The summed E-state index contributed by atoms with van der Waals surface area (Å²) in [5.41, 5.74) is 9.70. The van der Waals surface area contributed by atoms with Gasteiger partial charge in [-0.05, 0) is 59.7 Å². The van der Waals surface area contributed by atoms with Crippen LogP contribution in [0.15, 0.2) is 153 Å². The summed E-state index contributed by atoms with van der Waals surface area (Å²) in [6, 6.07) is 39.0. The zero-order valence-electron chi connectivity index (χ0n) is 28.9. The molecule has 0 atom stereocenters. The minimum Gasteiger partial charge on any atom is -0.491 e. The minimum atomic E-state index is 0.486. The number of pyridine rings is 3. The van der Waals surface area contributed by atoms with Crippen molar-refractivity contribution in [2.45, 2.75) is 0 Å². The quantitative estimate of drug-likeness (QED) is 0.0740. The third-order valence-corrected chi connectivity index (χ3v) is 8.56. The van der Waals surface area contributed by atoms with Gasteiger partial charge in [-0.2, -0.15) is 0 Å². The van der Waals surface area contributed by atoms with Crippen LogP contribution in [0.1, 0.15) is 0 Å². The van der Waals surface area contributed by atoms with Gasteiger partial charge in [0.1, 0.15) is 24.7 Å². The van der Waals surface area contributed by atoms with Crippen LogP contribution in [0.25, 0.3) is 66.6 Å². The van der Waals surface area contributed by atoms with Gasteiger partial charge in [-0.15, -0.1) is 13.2 Å². The highest BCUT2D eigenvalue weighted by Crippen LogP contribution is 2.33. The Morgan fingerprint density at radius 3 is 1.37 bits per heavy atom. The molecule has 0 saturated heterocycles. The van der Waals surface area contributed by atoms with Gasteiger partial charge in [0.25, 0.3) is 0 Å². The summed E-state index contributed by atoms with van der Waals surface area (Å²) in [6.45, 7) is 10.4. The molecule has 258 valence electrons. The first-order chi connectivity index (χ1) is 25.7. The van der Waals surface area contributed by atoms with E-state index in [9.17, 15) is 0 Å². The van der Waals surface area contributed by atoms with Gasteiger partial charge < -0.3 is 18.9 Å². The van der Waals surface area contributed by atoms with E-state index >= 15 is 0 Å². The van der Waals surface area contributed by atoms with Gasteiger partial charge in [-0.1, -0.05) is 78.9 Å². The van der Waals surface area contributed by atoms with Crippen molar-refractivity contribution in [3.63, 3.8) is 0 Å². The Kier molecular flexibility index (Phi) is 11.0. The van der Waals surface area contributed by atoms with E-state index in [4.69, 9.17) is 33.9 Å². The fourth-order valence-corrected chi connectivity index (χ4v) is 6.06. The SMILES string of the molecule is C=CCOCCOc1ccc(-c2cccc3cc(-c4cccc(-c5cnc6c(-c7ccc(OCCOCC=C)cc7)cccc6c5)n4)cnc23)cc1. The van der Waals surface area contributed by atoms with Gasteiger partial charge in [0.15, 0.2) is 0 Å². The maximum Gasteiger partial charge on any atom is 0.119 e. The van der Waals surface area contributed by atoms with E-state index in [1.807, 2.05) is 54.9 Å². The molecule has 7 rings (SSSR count). The van der Waals surface area contributed by atoms with Crippen molar-refractivity contribution < 1.29 is 18.9 Å². The highest BCUT2D eigenvalue weighted by molar-refractivity contribution is 5.96. The predicted octanol–water partition coefficient (Wildman–Crippen LogP) is 10.0. The molecule has 0 aliphatic rings. The average Bonchev–Trinajstić information content (AvgIpc) is 3.20. The largest absolute Gasteiger partial charge is 0.491 e. The number of rotatable bonds is 16. The Balaban J connectivity index is 1.08. The third kappa shape index (κ3) is 8.08. The number of hydrogen-bond donors (Lipinski definition) is 0. The van der Waals surface area contributed by atoms with Gasteiger partial charge in [-0.3, -0.25) is 9.97 Å². The molecule has 52 heavy (non-hydrogen) atoms. The van der Waals surface area contributed by atoms with E-state index in [1.54, 1.807) is 12.2 Å². The van der Waals surface area contributed by atoms with Crippen molar-refractivity contribution in [3.8, 4) is 56.3 Å². The molecule has 3 heterocycles. The van der Waals surface area contributed by atoms with Crippen molar-refractivity contribution in [1.29, 1.82) is 0 Å². The lowest BCUT2D eigenvalue weighted by atomic mass is 10.00. The normalized spacial score (nSPS) is 11.1. The van der Waals surface area contributed by atoms with Gasteiger partial charge in [-0.25, -0.2) is 4.98 Å². The van der Waals surface area contributed by atoms with Crippen molar-refractivity contribution in [2.75, 3.05) is 39.6 Å². The number of nitrogens with zero attached hydrogens (tertiary/aromatic N) is 3. The summed E-state index contributed by atoms with van der Waals surface area (Å²) in [5.74, 6) is 1.60. The van der Waals surface area contributed by atoms with Gasteiger partial charge >= 0.3 is 0 Å². The summed E-state index contributed by atoms with van der Waals surface area (Å²) in [7, 11) is 0. The molecule has 0 unspecified atom stereocenters. The van der Waals surface area contributed by atoms with Crippen LogP contribution in [-0.4, -0.2) is 54.6 Å². The van der Waals surface area contributed by atoms with Crippen LogP contribution in [0.4, 0.5) is 0 Å². The fraction of sp³-hybridized carbons (Fsp3) is 0.133. The molecular formula is C45H39N3O4. The third-order valence-electron chi connectivity index (χ3n) is 8.56. The molecule has 4 aromatic carbocycles. The second-order valence-electron chi connectivity index (χ2n) is 12.1. The summed E-state index contributed by atoms with van der Waals surface area (Å²) >= 11 is 0. The number of para-hydroxylation sites is 2. The zero-order valence-corrected chi connectivity index (χ0v) is 28.9. The summed E-state index contributed by atoms with van der Waals surface area (Å²) in [6.07, 6.45) is 7.26. The van der Waals surface area contributed by atoms with Crippen LogP contribution in [0.2, 0.25) is 0 Å². The van der Waals surface area contributed by atoms with Gasteiger partial charge in [0, 0.05) is 45.4 Å². The van der Waals surface area contributed by atoms with Crippen molar-refractivity contribution in [1.82, 2.24) is 15.0 Å². The van der Waals surface area contributed by atoms with Crippen LogP contribution in [-0.2, 0) is 9.47 Å². The molecule has 0 radical (unpaired) electrons. The molecule has 0 amide bonds. The van der Waals surface area contributed by atoms with Crippen LogP contribution >= 0.6 is 0 Å². The highest BCUT2D eigenvalue weighted by Gasteiger charge is 2.12. The molecule has 0 spiro atoms. The van der Waals surface area contributed by atoms with Gasteiger partial charge in [0.05, 0.1) is 48.8 Å². The Hall–Kier alpha value is -6.15. The number of benzene rings is 4. The van der Waals surface area contributed by atoms with Crippen molar-refractivity contribution >= 4 is 21.8 Å². The molecule has 0 aliphatic carbocycles. The van der Waals surface area contributed by atoms with Crippen molar-refractivity contribution in [2.24, 2.45) is 0 Å². The van der Waals surface area contributed by atoms with Crippen LogP contribution in [0.5, 0.6) is 11.5 Å². The van der Waals surface area contributed by atoms with E-state index in [1.165, 1.54) is 0 Å². The maximum atomic E-state index is 5.81. The first kappa shape index (κ1) is 34.3. The fourth-order valence-electron chi connectivity index (χ4n) is 6.06. The molecule has 7 aromatic rings. The van der Waals surface area contributed by atoms with Crippen LogP contribution in [0, 0.1) is 0 Å². The number of fused-ring (bicyclic) bond motifs is 2. The van der Waals surface area contributed by atoms with E-state index in [0.29, 0.717) is 39.6 Å². The lowest BCUT2D eigenvalue weighted by Crippen LogP contribution is -2.06. The second-order valence-corrected chi connectivity index (χ2v) is 12.1. The molecule has 7 heteroatoms. The van der Waals surface area contributed by atoms with E-state index in [0.717, 1.165) is 78.1 Å². The number of hydrogen-bond acceptors (Lipinski definition) is 7. The molecule has 3 aromatic heterocycles. The lowest BCUT2D eigenvalue weighted by Gasteiger charge is -2.11. The second kappa shape index (κ2) is 16.7. The predicted molar refractivity (Wildman–Crippen MR) is 210 cm³/mol. The minimum absolute atomic E-state index is 0.486. The average molecular weight is 686 g/mol. The van der Waals surface area contributed by atoms with Crippen LogP contribution in [0.3, 0.4) is 0 Å². The summed E-state index contributed by atoms with van der Waals surface area (Å²) < 4.78 is 22.4. The van der Waals surface area contributed by atoms with E-state index in [-0.39, 0.29) is 0 Å². The van der Waals surface area contributed by atoms with Crippen LogP contribution < -0.4 is 9.47 Å². The monoisotopic (exact) mass is 685 g/mol. The lowest BCUT2D eigenvalue weighted by molar-refractivity contribution is 0.121. The molecule has 0 saturated carbocycles.